The second kappa shape index (κ2) is 4.70. The van der Waals surface area contributed by atoms with E-state index in [1.807, 2.05) is 0 Å². The minimum atomic E-state index is -2.99. The van der Waals surface area contributed by atoms with Crippen LogP contribution in [0, 0.1) is 5.92 Å². The average molecular weight is 331 g/mol. The minimum absolute atomic E-state index is 0.000469. The molecule has 0 aromatic carbocycles. The monoisotopic (exact) mass is 330 g/mol. The largest absolute Gasteiger partial charge is 0.399 e. The number of hydrazine groups is 1. The third-order valence-corrected chi connectivity index (χ3v) is 5.05. The lowest BCUT2D eigenvalue weighted by molar-refractivity contribution is -0.114. The number of hydrogen-bond donors (Lipinski definition) is 4. The Morgan fingerprint density at radius 2 is 2.09 bits per heavy atom. The number of halogens is 3. The van der Waals surface area contributed by atoms with Crippen LogP contribution in [0.25, 0.3) is 0 Å². The number of amides is 1. The first-order chi connectivity index (χ1) is 10.2. The summed E-state index contributed by atoms with van der Waals surface area (Å²) >= 11 is 6.36. The molecule has 8 heteroatoms. The quantitative estimate of drug-likeness (QED) is 0.629. The molecule has 3 rings (SSSR count). The Morgan fingerprint density at radius 1 is 1.45 bits per heavy atom. The van der Waals surface area contributed by atoms with Gasteiger partial charge in [0, 0.05) is 12.1 Å². The molecule has 5 nitrogen and oxygen atoms in total. The third-order valence-electron chi connectivity index (χ3n) is 4.56. The van der Waals surface area contributed by atoms with Gasteiger partial charge in [-0.05, 0) is 42.9 Å². The van der Waals surface area contributed by atoms with E-state index in [0.29, 0.717) is 5.57 Å². The van der Waals surface area contributed by atoms with Crippen molar-refractivity contribution in [2.24, 2.45) is 17.4 Å². The average Bonchev–Trinajstić information content (AvgIpc) is 3.19. The molecule has 6 N–H and O–H groups in total. The molecule has 1 amide bonds. The lowest BCUT2D eigenvalue weighted by Crippen LogP contribution is -2.52. The normalized spacial score (nSPS) is 31.2. The molecular weight excluding hydrogens is 314 g/mol. The van der Waals surface area contributed by atoms with E-state index in [1.54, 1.807) is 0 Å². The molecule has 22 heavy (non-hydrogen) atoms. The highest BCUT2D eigenvalue weighted by Gasteiger charge is 2.57. The molecule has 0 saturated heterocycles. The number of allylic oxidation sites excluding steroid dienone is 2. The molecule has 1 atom stereocenters. The van der Waals surface area contributed by atoms with Gasteiger partial charge in [0.1, 0.15) is 11.2 Å². The smallest absolute Gasteiger partial charge is 0.273 e. The summed E-state index contributed by atoms with van der Waals surface area (Å²) in [5, 5.41) is 0.115. The molecule has 1 unspecified atom stereocenters. The van der Waals surface area contributed by atoms with E-state index in [4.69, 9.17) is 23.1 Å². The van der Waals surface area contributed by atoms with Crippen LogP contribution in [0.1, 0.15) is 26.2 Å². The Bertz CT molecular complexity index is 651. The topological polar surface area (TPSA) is 93.2 Å². The van der Waals surface area contributed by atoms with Crippen LogP contribution < -0.4 is 22.3 Å². The first-order valence-corrected chi connectivity index (χ1v) is 7.37. The van der Waals surface area contributed by atoms with Crippen LogP contribution in [0.3, 0.4) is 0 Å². The second-order valence-corrected chi connectivity index (χ2v) is 6.41. The van der Waals surface area contributed by atoms with Gasteiger partial charge < -0.3 is 16.9 Å². The zero-order valence-electron chi connectivity index (χ0n) is 12.0. The lowest BCUT2D eigenvalue weighted by atomic mass is 9.77. The van der Waals surface area contributed by atoms with Crippen molar-refractivity contribution < 1.29 is 13.6 Å². The maximum absolute atomic E-state index is 14.2. The zero-order chi connectivity index (χ0) is 16.3. The van der Waals surface area contributed by atoms with Gasteiger partial charge in [-0.3, -0.25) is 4.79 Å². The van der Waals surface area contributed by atoms with Crippen molar-refractivity contribution in [2.45, 2.75) is 37.6 Å². The maximum atomic E-state index is 14.2. The van der Waals surface area contributed by atoms with E-state index in [-0.39, 0.29) is 27.9 Å². The summed E-state index contributed by atoms with van der Waals surface area (Å²) in [6, 6.07) is 0. The molecule has 1 saturated carbocycles. The second-order valence-electron chi connectivity index (χ2n) is 6.03. The van der Waals surface area contributed by atoms with Gasteiger partial charge in [-0.2, -0.15) is 0 Å². The van der Waals surface area contributed by atoms with Crippen molar-refractivity contribution in [3.05, 3.63) is 33.6 Å². The third kappa shape index (κ3) is 2.03. The van der Waals surface area contributed by atoms with Gasteiger partial charge in [-0.1, -0.05) is 11.6 Å². The summed E-state index contributed by atoms with van der Waals surface area (Å²) < 4.78 is 28.3. The first kappa shape index (κ1) is 15.3. The molecule has 120 valence electrons. The highest BCUT2D eigenvalue weighted by Crippen LogP contribution is 2.54. The van der Waals surface area contributed by atoms with Crippen LogP contribution in [0.4, 0.5) is 8.78 Å². The number of nitrogens with two attached hydrogens (primary N) is 2. The van der Waals surface area contributed by atoms with Gasteiger partial charge in [0.25, 0.3) is 11.8 Å². The predicted octanol–water partition coefficient (Wildman–Crippen LogP) is 1.38. The SMILES string of the molecule is CC1=CC(N)=C(C2(C3CC3)NNC(C(N)=O)=C2Cl)CC1(F)F. The Morgan fingerprint density at radius 3 is 2.59 bits per heavy atom. The van der Waals surface area contributed by atoms with Crippen molar-refractivity contribution in [3.63, 3.8) is 0 Å². The minimum Gasteiger partial charge on any atom is -0.399 e. The molecule has 0 spiro atoms. The molecule has 1 aliphatic heterocycles. The van der Waals surface area contributed by atoms with Crippen LogP contribution in [0.2, 0.25) is 0 Å². The molecule has 3 aliphatic rings. The molecule has 1 fully saturated rings. The van der Waals surface area contributed by atoms with Crippen molar-refractivity contribution in [1.82, 2.24) is 10.9 Å². The van der Waals surface area contributed by atoms with E-state index < -0.39 is 23.8 Å². The zero-order valence-corrected chi connectivity index (χ0v) is 12.7. The number of alkyl halides is 2. The maximum Gasteiger partial charge on any atom is 0.273 e. The number of hydrogen-bond acceptors (Lipinski definition) is 4. The van der Waals surface area contributed by atoms with E-state index in [9.17, 15) is 13.6 Å². The van der Waals surface area contributed by atoms with Crippen LogP contribution in [-0.4, -0.2) is 17.4 Å². The molecule has 0 radical (unpaired) electrons. The van der Waals surface area contributed by atoms with Crippen molar-refractivity contribution >= 4 is 17.5 Å². The summed E-state index contributed by atoms with van der Waals surface area (Å²) in [6.07, 6.45) is 2.36. The predicted molar refractivity (Wildman–Crippen MR) is 78.3 cm³/mol. The van der Waals surface area contributed by atoms with Crippen LogP contribution >= 0.6 is 11.6 Å². The van der Waals surface area contributed by atoms with Gasteiger partial charge in [-0.15, -0.1) is 0 Å². The van der Waals surface area contributed by atoms with Crippen molar-refractivity contribution in [3.8, 4) is 0 Å². The Labute approximate surface area is 131 Å². The van der Waals surface area contributed by atoms with Crippen LogP contribution in [0.5, 0.6) is 0 Å². The molecular formula is C14H17ClF2N4O. The number of nitrogens with one attached hydrogen (secondary N) is 2. The highest BCUT2D eigenvalue weighted by atomic mass is 35.5. The fourth-order valence-corrected chi connectivity index (χ4v) is 3.60. The fraction of sp³-hybridized carbons (Fsp3) is 0.500. The van der Waals surface area contributed by atoms with Gasteiger partial charge in [0.2, 0.25) is 0 Å². The van der Waals surface area contributed by atoms with E-state index in [1.165, 1.54) is 13.0 Å². The number of rotatable bonds is 3. The summed E-state index contributed by atoms with van der Waals surface area (Å²) in [5.74, 6) is -3.73. The summed E-state index contributed by atoms with van der Waals surface area (Å²) in [7, 11) is 0. The number of carbonyl (C=O) groups is 1. The Balaban J connectivity index is 2.15. The summed E-state index contributed by atoms with van der Waals surface area (Å²) in [5.41, 5.74) is 16.2. The van der Waals surface area contributed by atoms with Crippen LogP contribution in [0.15, 0.2) is 33.6 Å². The summed E-state index contributed by atoms with van der Waals surface area (Å²) in [4.78, 5) is 11.5. The van der Waals surface area contributed by atoms with E-state index >= 15 is 0 Å². The number of primary amides is 1. The van der Waals surface area contributed by atoms with E-state index in [2.05, 4.69) is 10.9 Å². The standard InChI is InChI=1S/C14H17ClF2N4O/c1-6-4-9(18)8(5-13(6,16)17)14(7-2-3-7)11(15)10(12(19)22)20-21-14/h4,7,20-21H,2-3,5,18H2,1H3,(H2,19,22). The Kier molecular flexibility index (Phi) is 3.27. The van der Waals surface area contributed by atoms with E-state index in [0.717, 1.165) is 12.8 Å². The van der Waals surface area contributed by atoms with Crippen molar-refractivity contribution in [1.29, 1.82) is 0 Å². The van der Waals surface area contributed by atoms with Gasteiger partial charge >= 0.3 is 0 Å². The molecule has 2 aliphatic carbocycles. The fourth-order valence-electron chi connectivity index (χ4n) is 3.15. The molecule has 0 aromatic heterocycles. The number of carbonyl (C=O) groups excluding carboxylic acids is 1. The van der Waals surface area contributed by atoms with Crippen LogP contribution in [-0.2, 0) is 4.79 Å². The molecule has 1 heterocycles. The summed E-state index contributed by atoms with van der Waals surface area (Å²) in [6.45, 7) is 1.35. The van der Waals surface area contributed by atoms with Gasteiger partial charge in [-0.25, -0.2) is 14.2 Å². The lowest BCUT2D eigenvalue weighted by Gasteiger charge is -2.37. The van der Waals surface area contributed by atoms with Gasteiger partial charge in [0.05, 0.1) is 5.03 Å². The first-order valence-electron chi connectivity index (χ1n) is 6.99. The Hall–Kier alpha value is -1.60. The molecule has 0 bridgehead atoms. The van der Waals surface area contributed by atoms with Gasteiger partial charge in [0.15, 0.2) is 0 Å². The highest BCUT2D eigenvalue weighted by molar-refractivity contribution is 6.33. The molecule has 0 aromatic rings. The van der Waals surface area contributed by atoms with Crippen molar-refractivity contribution in [2.75, 3.05) is 0 Å².